The van der Waals surface area contributed by atoms with Crippen molar-refractivity contribution in [3.8, 4) is 0 Å². The van der Waals surface area contributed by atoms with Gasteiger partial charge in [0.15, 0.2) is 0 Å². The molecule has 0 aliphatic carbocycles. The van der Waals surface area contributed by atoms with Gasteiger partial charge in [-0.2, -0.15) is 0 Å². The molecular formula is C27H49N4O12P. The van der Waals surface area contributed by atoms with E-state index < -0.39 is 43.7 Å². The second kappa shape index (κ2) is 23.7. The summed E-state index contributed by atoms with van der Waals surface area (Å²) in [5.41, 5.74) is 5.16. The Kier molecular flexibility index (Phi) is 21.2. The molecule has 3 atom stereocenters. The topological polar surface area (TPSA) is 242 Å². The molecule has 0 saturated carbocycles. The average Bonchev–Trinajstić information content (AvgIpc) is 2.96. The molecule has 1 fully saturated rings. The summed E-state index contributed by atoms with van der Waals surface area (Å²) >= 11 is 0. The van der Waals surface area contributed by atoms with E-state index in [0.29, 0.717) is 65.2 Å². The summed E-state index contributed by atoms with van der Waals surface area (Å²) in [6, 6.07) is -1.10. The van der Waals surface area contributed by atoms with Crippen molar-refractivity contribution in [2.45, 2.75) is 95.6 Å². The van der Waals surface area contributed by atoms with E-state index in [9.17, 15) is 33.4 Å². The van der Waals surface area contributed by atoms with E-state index in [4.69, 9.17) is 29.4 Å². The second-order valence-corrected chi connectivity index (χ2v) is 11.7. The summed E-state index contributed by atoms with van der Waals surface area (Å²) in [7, 11) is -4.25. The molecule has 2 unspecified atom stereocenters. The largest absolute Gasteiger partial charge is 0.481 e. The Balaban J connectivity index is 1.98. The summed E-state index contributed by atoms with van der Waals surface area (Å²) in [5, 5.41) is 16.4. The minimum Gasteiger partial charge on any atom is -0.481 e. The number of unbranched alkanes of at least 4 members (excludes halogenated alkanes) is 1. The number of nitrogens with one attached hydrogen (secondary N) is 3. The third kappa shape index (κ3) is 21.1. The molecule has 44 heavy (non-hydrogen) atoms. The number of ether oxygens (including phenoxy) is 2. The van der Waals surface area contributed by atoms with E-state index >= 15 is 0 Å². The minimum absolute atomic E-state index is 0.0826. The highest BCUT2D eigenvalue weighted by molar-refractivity contribution is 7.47. The first-order valence-electron chi connectivity index (χ1n) is 15.2. The van der Waals surface area contributed by atoms with E-state index in [-0.39, 0.29) is 38.2 Å². The van der Waals surface area contributed by atoms with Crippen molar-refractivity contribution >= 4 is 37.4 Å². The van der Waals surface area contributed by atoms with E-state index in [2.05, 4.69) is 16.0 Å². The highest BCUT2D eigenvalue weighted by Gasteiger charge is 2.31. The van der Waals surface area contributed by atoms with E-state index in [1.165, 1.54) is 0 Å². The van der Waals surface area contributed by atoms with Gasteiger partial charge in [-0.25, -0.2) is 4.57 Å². The highest BCUT2D eigenvalue weighted by Crippen LogP contribution is 2.45. The lowest BCUT2D eigenvalue weighted by molar-refractivity contribution is -0.137. The molecular weight excluding hydrogens is 603 g/mol. The minimum atomic E-state index is -4.25. The second-order valence-electron chi connectivity index (χ2n) is 10.3. The van der Waals surface area contributed by atoms with Gasteiger partial charge in [0.05, 0.1) is 6.61 Å². The molecule has 16 nitrogen and oxygen atoms in total. The maximum atomic E-state index is 12.4. The SMILES string of the molecule is NC(=O)[C@H](CCC(=O)O)NC(=O)CCC(=O)NCCCOCCCCOCCCNC(=O)C1CCCCCCOP(=O)(O)O1. The molecule has 1 rings (SSSR count). The van der Waals surface area contributed by atoms with Crippen LogP contribution in [0, 0.1) is 0 Å². The molecule has 7 N–H and O–H groups in total. The standard InChI is InChI=1S/C27H49N4O12P/c28-26(36)21(10-13-25(34)35)31-24(33)12-11-23(32)29-14-7-18-40-16-5-6-17-41-19-8-15-30-27(37)22-9-3-1-2-4-20-42-44(38,39)43-22/h21-22H,1-20H2,(H2,28,36)(H,29,32)(H,30,37)(H,31,33)(H,34,35)(H,38,39)/t21-,22?/m0/s1. The molecule has 254 valence electrons. The van der Waals surface area contributed by atoms with Crippen LogP contribution in [0.2, 0.25) is 0 Å². The van der Waals surface area contributed by atoms with Crippen LogP contribution in [0.15, 0.2) is 0 Å². The summed E-state index contributed by atoms with van der Waals surface area (Å²) in [4.78, 5) is 67.9. The Labute approximate surface area is 258 Å². The van der Waals surface area contributed by atoms with E-state index in [0.717, 1.165) is 32.1 Å². The lowest BCUT2D eigenvalue weighted by Gasteiger charge is -2.21. The number of nitrogens with two attached hydrogens (primary N) is 1. The van der Waals surface area contributed by atoms with Crippen LogP contribution >= 0.6 is 7.82 Å². The lowest BCUT2D eigenvalue weighted by Crippen LogP contribution is -2.44. The molecule has 0 spiro atoms. The number of hydrogen-bond donors (Lipinski definition) is 6. The predicted molar refractivity (Wildman–Crippen MR) is 157 cm³/mol. The molecule has 0 aromatic carbocycles. The van der Waals surface area contributed by atoms with Gasteiger partial charge >= 0.3 is 13.8 Å². The number of phosphoric acid groups is 1. The first-order valence-corrected chi connectivity index (χ1v) is 16.7. The van der Waals surface area contributed by atoms with Crippen LogP contribution in [-0.4, -0.2) is 97.9 Å². The molecule has 1 aliphatic heterocycles. The Morgan fingerprint density at radius 3 is 2.07 bits per heavy atom. The molecule has 1 heterocycles. The number of amides is 4. The van der Waals surface area contributed by atoms with Crippen LogP contribution in [0.3, 0.4) is 0 Å². The van der Waals surface area contributed by atoms with Gasteiger partial charge in [0.2, 0.25) is 23.6 Å². The Hall–Kier alpha value is -2.62. The molecule has 0 bridgehead atoms. The van der Waals surface area contributed by atoms with Gasteiger partial charge in [0.25, 0.3) is 0 Å². The van der Waals surface area contributed by atoms with Crippen LogP contribution in [0.5, 0.6) is 0 Å². The molecule has 1 saturated heterocycles. The van der Waals surface area contributed by atoms with Gasteiger partial charge < -0.3 is 41.2 Å². The summed E-state index contributed by atoms with van der Waals surface area (Å²) in [6.07, 6.45) is 4.58. The van der Waals surface area contributed by atoms with Crippen molar-refractivity contribution in [3.05, 3.63) is 0 Å². The van der Waals surface area contributed by atoms with Gasteiger partial charge in [-0.1, -0.05) is 19.3 Å². The monoisotopic (exact) mass is 652 g/mol. The fourth-order valence-corrected chi connectivity index (χ4v) is 4.98. The Morgan fingerprint density at radius 2 is 1.43 bits per heavy atom. The third-order valence-electron chi connectivity index (χ3n) is 6.45. The molecule has 0 aromatic heterocycles. The van der Waals surface area contributed by atoms with Gasteiger partial charge in [-0.3, -0.25) is 33.0 Å². The number of carbonyl (C=O) groups excluding carboxylic acids is 4. The molecule has 1 aliphatic rings. The maximum absolute atomic E-state index is 12.4. The zero-order chi connectivity index (χ0) is 32.6. The predicted octanol–water partition coefficient (Wildman–Crippen LogP) is 0.894. The Bertz CT molecular complexity index is 939. The number of carbonyl (C=O) groups is 5. The van der Waals surface area contributed by atoms with Crippen LogP contribution in [-0.2, 0) is 47.1 Å². The maximum Gasteiger partial charge on any atom is 0.472 e. The van der Waals surface area contributed by atoms with Crippen molar-refractivity contribution in [3.63, 3.8) is 0 Å². The molecule has 4 amide bonds. The van der Waals surface area contributed by atoms with Crippen molar-refractivity contribution in [1.82, 2.24) is 16.0 Å². The van der Waals surface area contributed by atoms with Crippen LogP contribution < -0.4 is 21.7 Å². The molecule has 0 aromatic rings. The quantitative estimate of drug-likeness (QED) is 0.0706. The summed E-state index contributed by atoms with van der Waals surface area (Å²) in [6.45, 7) is 2.84. The molecule has 0 radical (unpaired) electrons. The van der Waals surface area contributed by atoms with Crippen molar-refractivity contribution in [1.29, 1.82) is 0 Å². The number of aliphatic carboxylic acids is 1. The number of carboxylic acids is 1. The van der Waals surface area contributed by atoms with Crippen LogP contribution in [0.1, 0.15) is 83.5 Å². The van der Waals surface area contributed by atoms with Crippen LogP contribution in [0.4, 0.5) is 0 Å². The van der Waals surface area contributed by atoms with Gasteiger partial charge in [-0.15, -0.1) is 0 Å². The van der Waals surface area contributed by atoms with Gasteiger partial charge in [0.1, 0.15) is 12.1 Å². The van der Waals surface area contributed by atoms with Crippen molar-refractivity contribution < 1.29 is 57.1 Å². The van der Waals surface area contributed by atoms with Crippen LogP contribution in [0.25, 0.3) is 0 Å². The summed E-state index contributed by atoms with van der Waals surface area (Å²) < 4.78 is 33.0. The van der Waals surface area contributed by atoms with E-state index in [1.54, 1.807) is 0 Å². The first kappa shape index (κ1) is 39.4. The van der Waals surface area contributed by atoms with E-state index in [1.807, 2.05) is 0 Å². The smallest absolute Gasteiger partial charge is 0.472 e. The normalized spacial score (nSPS) is 19.8. The number of carboxylic acid groups (broad SMARTS) is 1. The average molecular weight is 653 g/mol. The number of rotatable bonds is 22. The first-order chi connectivity index (χ1) is 21.0. The Morgan fingerprint density at radius 1 is 0.841 bits per heavy atom. The lowest BCUT2D eigenvalue weighted by atomic mass is 10.1. The van der Waals surface area contributed by atoms with Crippen molar-refractivity contribution in [2.75, 3.05) is 46.1 Å². The number of phosphoric ester groups is 1. The fourth-order valence-electron chi connectivity index (χ4n) is 4.04. The van der Waals surface area contributed by atoms with Gasteiger partial charge in [0, 0.05) is 58.8 Å². The van der Waals surface area contributed by atoms with Crippen molar-refractivity contribution in [2.24, 2.45) is 5.73 Å². The third-order valence-corrected chi connectivity index (χ3v) is 7.48. The fraction of sp³-hybridized carbons (Fsp3) is 0.815. The zero-order valence-electron chi connectivity index (χ0n) is 25.3. The van der Waals surface area contributed by atoms with Gasteiger partial charge in [-0.05, 0) is 44.9 Å². The number of hydrogen-bond acceptors (Lipinski definition) is 10. The number of primary amides is 1. The summed E-state index contributed by atoms with van der Waals surface area (Å²) in [5.74, 6) is -3.28. The highest BCUT2D eigenvalue weighted by atomic mass is 31.2. The molecule has 17 heteroatoms. The zero-order valence-corrected chi connectivity index (χ0v) is 26.2.